The maximum Gasteiger partial charge on any atom is 0.249 e. The first-order valence-electron chi connectivity index (χ1n) is 9.28. The Balaban J connectivity index is 1.90. The van der Waals surface area contributed by atoms with E-state index in [0.717, 1.165) is 35.7 Å². The lowest BCUT2D eigenvalue weighted by Crippen LogP contribution is -2.51. The molecule has 1 aromatic heterocycles. The van der Waals surface area contributed by atoms with Crippen molar-refractivity contribution in [1.82, 2.24) is 9.97 Å². The summed E-state index contributed by atoms with van der Waals surface area (Å²) < 4.78 is 0. The molecule has 1 aliphatic rings. The molecule has 7 heteroatoms. The van der Waals surface area contributed by atoms with Crippen LogP contribution in [0.5, 0.6) is 0 Å². The van der Waals surface area contributed by atoms with Crippen LogP contribution in [0.3, 0.4) is 0 Å². The zero-order valence-electron chi connectivity index (χ0n) is 16.3. The molecule has 2 N–H and O–H groups in total. The maximum atomic E-state index is 12.6. The first-order valence-corrected chi connectivity index (χ1v) is 9.28. The summed E-state index contributed by atoms with van der Waals surface area (Å²) in [5.74, 6) is 1.85. The van der Waals surface area contributed by atoms with E-state index in [4.69, 9.17) is 10.1 Å². The second-order valence-corrected chi connectivity index (χ2v) is 7.33. The molecular weight excluding hydrogens is 342 g/mol. The van der Waals surface area contributed by atoms with Crippen LogP contribution in [-0.2, 0) is 11.4 Å². The molecule has 7 nitrogen and oxygen atoms in total. The summed E-state index contributed by atoms with van der Waals surface area (Å²) >= 11 is 0. The van der Waals surface area contributed by atoms with Gasteiger partial charge < -0.3 is 20.2 Å². The van der Waals surface area contributed by atoms with Crippen molar-refractivity contribution in [2.45, 2.75) is 39.8 Å². The van der Waals surface area contributed by atoms with Gasteiger partial charge >= 0.3 is 0 Å². The molecule has 3 rings (SSSR count). The van der Waals surface area contributed by atoms with Crippen LogP contribution in [0.15, 0.2) is 30.5 Å². The normalized spacial score (nSPS) is 16.7. The number of fused-ring (bicyclic) bond motifs is 1. The molecule has 1 unspecified atom stereocenters. The summed E-state index contributed by atoms with van der Waals surface area (Å²) in [5.41, 5.74) is 2.41. The number of carbonyl (C=O) groups is 1. The Morgan fingerprint density at radius 1 is 1.26 bits per heavy atom. The van der Waals surface area contributed by atoms with Crippen molar-refractivity contribution in [1.29, 1.82) is 0 Å². The van der Waals surface area contributed by atoms with Gasteiger partial charge in [0.15, 0.2) is 5.82 Å². The molecule has 2 heterocycles. The van der Waals surface area contributed by atoms with E-state index >= 15 is 0 Å². The lowest BCUT2D eigenvalue weighted by molar-refractivity contribution is -0.119. The Morgan fingerprint density at radius 2 is 1.96 bits per heavy atom. The van der Waals surface area contributed by atoms with Crippen molar-refractivity contribution < 1.29 is 9.90 Å². The number of anilines is 4. The Hall–Kier alpha value is -2.67. The molecule has 0 spiro atoms. The molecule has 1 atom stereocenters. The fourth-order valence-electron chi connectivity index (χ4n) is 3.11. The van der Waals surface area contributed by atoms with Crippen LogP contribution < -0.4 is 15.1 Å². The summed E-state index contributed by atoms with van der Waals surface area (Å²) in [5, 5.41) is 12.4. The molecular formula is C20H27N5O2. The SMILES string of the molecule is CC(C)CCN1c2nc(Nc3ccc(CO)cc3)ncc2N(C)C(=O)C1C. The average molecular weight is 369 g/mol. The van der Waals surface area contributed by atoms with Crippen LogP contribution in [0.2, 0.25) is 0 Å². The number of hydrogen-bond acceptors (Lipinski definition) is 6. The van der Waals surface area contributed by atoms with E-state index in [2.05, 4.69) is 29.0 Å². The first-order chi connectivity index (χ1) is 12.9. The number of rotatable bonds is 6. The van der Waals surface area contributed by atoms with Gasteiger partial charge in [0.25, 0.3) is 0 Å². The van der Waals surface area contributed by atoms with Crippen molar-refractivity contribution in [3.63, 3.8) is 0 Å². The number of nitrogens with zero attached hydrogens (tertiary/aromatic N) is 4. The minimum atomic E-state index is -0.257. The van der Waals surface area contributed by atoms with Gasteiger partial charge in [0, 0.05) is 19.3 Å². The molecule has 0 saturated heterocycles. The van der Waals surface area contributed by atoms with Gasteiger partial charge in [0.2, 0.25) is 11.9 Å². The third-order valence-corrected chi connectivity index (χ3v) is 4.88. The summed E-state index contributed by atoms with van der Waals surface area (Å²) in [7, 11) is 1.77. The average Bonchev–Trinajstić information content (AvgIpc) is 2.66. The van der Waals surface area contributed by atoms with Crippen molar-refractivity contribution >= 4 is 29.0 Å². The topological polar surface area (TPSA) is 81.6 Å². The van der Waals surface area contributed by atoms with Crippen LogP contribution in [0, 0.1) is 5.92 Å². The Labute approximate surface area is 160 Å². The van der Waals surface area contributed by atoms with Gasteiger partial charge in [-0.25, -0.2) is 4.98 Å². The van der Waals surface area contributed by atoms with E-state index in [1.807, 2.05) is 31.2 Å². The highest BCUT2D eigenvalue weighted by Gasteiger charge is 2.35. The van der Waals surface area contributed by atoms with Gasteiger partial charge in [-0.15, -0.1) is 0 Å². The maximum absolute atomic E-state index is 12.6. The van der Waals surface area contributed by atoms with Crippen molar-refractivity contribution in [3.05, 3.63) is 36.0 Å². The smallest absolute Gasteiger partial charge is 0.249 e. The number of benzene rings is 1. The van der Waals surface area contributed by atoms with E-state index in [0.29, 0.717) is 11.9 Å². The van der Waals surface area contributed by atoms with Gasteiger partial charge in [-0.3, -0.25) is 4.79 Å². The molecule has 0 radical (unpaired) electrons. The highest BCUT2D eigenvalue weighted by atomic mass is 16.3. The second-order valence-electron chi connectivity index (χ2n) is 7.33. The molecule has 0 bridgehead atoms. The number of likely N-dealkylation sites (N-methyl/N-ethyl adjacent to an activating group) is 1. The minimum absolute atomic E-state index is 0.0126. The fourth-order valence-corrected chi connectivity index (χ4v) is 3.11. The lowest BCUT2D eigenvalue weighted by atomic mass is 10.1. The molecule has 27 heavy (non-hydrogen) atoms. The van der Waals surface area contributed by atoms with Gasteiger partial charge in [-0.1, -0.05) is 26.0 Å². The summed E-state index contributed by atoms with van der Waals surface area (Å²) in [6, 6.07) is 7.20. The van der Waals surface area contributed by atoms with E-state index in [1.165, 1.54) is 0 Å². The highest BCUT2D eigenvalue weighted by Crippen LogP contribution is 2.34. The quantitative estimate of drug-likeness (QED) is 0.815. The van der Waals surface area contributed by atoms with Crippen LogP contribution in [0.1, 0.15) is 32.8 Å². The number of amides is 1. The highest BCUT2D eigenvalue weighted by molar-refractivity contribution is 6.04. The predicted molar refractivity (Wildman–Crippen MR) is 107 cm³/mol. The van der Waals surface area contributed by atoms with Crippen LogP contribution in [0.25, 0.3) is 0 Å². The molecule has 0 saturated carbocycles. The monoisotopic (exact) mass is 369 g/mol. The van der Waals surface area contributed by atoms with E-state index in [-0.39, 0.29) is 18.6 Å². The summed E-state index contributed by atoms with van der Waals surface area (Å²) in [4.78, 5) is 25.4. The number of carbonyl (C=O) groups excluding carboxylic acids is 1. The fraction of sp³-hybridized carbons (Fsp3) is 0.450. The molecule has 2 aromatic rings. The van der Waals surface area contributed by atoms with Crippen LogP contribution in [0.4, 0.5) is 23.1 Å². The van der Waals surface area contributed by atoms with Crippen molar-refractivity contribution in [3.8, 4) is 0 Å². The predicted octanol–water partition coefficient (Wildman–Crippen LogP) is 2.93. The third-order valence-electron chi connectivity index (χ3n) is 4.88. The number of aromatic nitrogens is 2. The molecule has 1 aromatic carbocycles. The van der Waals surface area contributed by atoms with Crippen molar-refractivity contribution in [2.24, 2.45) is 5.92 Å². The molecule has 0 aliphatic carbocycles. The van der Waals surface area contributed by atoms with E-state index < -0.39 is 0 Å². The van der Waals surface area contributed by atoms with Crippen LogP contribution >= 0.6 is 0 Å². The van der Waals surface area contributed by atoms with Gasteiger partial charge in [-0.05, 0) is 37.0 Å². The van der Waals surface area contributed by atoms with Crippen molar-refractivity contribution in [2.75, 3.05) is 28.7 Å². The van der Waals surface area contributed by atoms with Gasteiger partial charge in [0.1, 0.15) is 11.7 Å². The largest absolute Gasteiger partial charge is 0.392 e. The minimum Gasteiger partial charge on any atom is -0.392 e. The summed E-state index contributed by atoms with van der Waals surface area (Å²) in [6.07, 6.45) is 2.68. The van der Waals surface area contributed by atoms with E-state index in [9.17, 15) is 4.79 Å². The Morgan fingerprint density at radius 3 is 2.59 bits per heavy atom. The Bertz CT molecular complexity index is 807. The Kier molecular flexibility index (Phi) is 5.60. The summed E-state index contributed by atoms with van der Waals surface area (Å²) in [6.45, 7) is 7.05. The van der Waals surface area contributed by atoms with Gasteiger partial charge in [0.05, 0.1) is 12.8 Å². The number of nitrogens with one attached hydrogen (secondary N) is 1. The zero-order chi connectivity index (χ0) is 19.6. The van der Waals surface area contributed by atoms with Crippen LogP contribution in [-0.4, -0.2) is 40.6 Å². The first kappa shape index (κ1) is 19.1. The number of aliphatic hydroxyl groups is 1. The molecule has 0 fully saturated rings. The zero-order valence-corrected chi connectivity index (χ0v) is 16.3. The third kappa shape index (κ3) is 4.03. The molecule has 144 valence electrons. The van der Waals surface area contributed by atoms with E-state index in [1.54, 1.807) is 18.1 Å². The lowest BCUT2D eigenvalue weighted by Gasteiger charge is -2.39. The second kappa shape index (κ2) is 7.92. The standard InChI is InChI=1S/C20H27N5O2/c1-13(2)9-10-25-14(3)19(27)24(4)17-11-21-20(23-18(17)25)22-16-7-5-15(12-26)6-8-16/h5-8,11,13-14,26H,9-10,12H2,1-4H3,(H,21,22,23). The molecule has 1 aliphatic heterocycles. The van der Waals surface area contributed by atoms with Gasteiger partial charge in [-0.2, -0.15) is 4.98 Å². The number of hydrogen-bond donors (Lipinski definition) is 2. The number of aliphatic hydroxyl groups excluding tert-OH is 1. The molecule has 1 amide bonds.